The first kappa shape index (κ1) is 25.6. The molecule has 0 nitrogen and oxygen atoms in total. The van der Waals surface area contributed by atoms with Crippen molar-refractivity contribution in [1.29, 1.82) is 0 Å². The maximum absolute atomic E-state index is 7.77. The Hall–Kier alpha value is -1.70. The molecule has 0 fully saturated rings. The first-order valence-electron chi connectivity index (χ1n) is 13.3. The predicted molar refractivity (Wildman–Crippen MR) is 163 cm³/mol. The molecular formula is C33H32Cl2SiZr. The number of allylic oxidation sites excluding steroid dienone is 1. The van der Waals surface area contributed by atoms with E-state index in [0.717, 1.165) is 6.42 Å². The van der Waals surface area contributed by atoms with Crippen molar-refractivity contribution in [2.75, 3.05) is 0 Å². The van der Waals surface area contributed by atoms with Gasteiger partial charge < -0.3 is 0 Å². The van der Waals surface area contributed by atoms with Crippen molar-refractivity contribution in [2.45, 2.75) is 43.7 Å². The number of halogens is 2. The van der Waals surface area contributed by atoms with E-state index in [1.165, 1.54) is 63.7 Å². The van der Waals surface area contributed by atoms with Crippen LogP contribution < -0.4 is 13.6 Å². The Labute approximate surface area is 235 Å². The van der Waals surface area contributed by atoms with Gasteiger partial charge in [0.25, 0.3) is 0 Å². The molecule has 2 aliphatic rings. The van der Waals surface area contributed by atoms with Crippen molar-refractivity contribution in [1.82, 2.24) is 0 Å². The van der Waals surface area contributed by atoms with Crippen LogP contribution in [-0.4, -0.2) is 9.52 Å². The van der Waals surface area contributed by atoms with Crippen LogP contribution >= 0.6 is 17.0 Å². The molecule has 0 aromatic heterocycles. The number of hydrogen-bond acceptors (Lipinski definition) is 0. The Kier molecular flexibility index (Phi) is 6.77. The molecule has 6 rings (SSSR count). The van der Waals surface area contributed by atoms with E-state index in [4.69, 9.17) is 17.0 Å². The van der Waals surface area contributed by atoms with Crippen LogP contribution in [0, 0.1) is 6.92 Å². The average Bonchev–Trinajstić information content (AvgIpc) is 3.47. The molecule has 0 radical (unpaired) electrons. The Bertz CT molecular complexity index is 1570. The molecular weight excluding hydrogens is 587 g/mol. The SMILES string of the molecule is CCC1=Cc2c(ccc(C)c2-c2ccccc2C(C)C)[CH]1[Zr]([Cl])([Cl])[c]1cccc2c1[SiH2]c1ccccc1-2. The second kappa shape index (κ2) is 9.80. The standard InChI is InChI=1S/C21H23.C12H9Si.2ClH.Zr/c1-5-16-12-17-11-10-15(4)21(20(17)13-16)19-9-7-6-8-18(19)14(2)3;1-3-7-11-9(5-1)10-6-2-4-8-12(10)13-11;;;/h6-14H,5H2,1-4H3;1-7H,13H2;2*1H;/q;;;;+2/p-2. The van der Waals surface area contributed by atoms with E-state index in [-0.39, 0.29) is 3.63 Å². The molecule has 4 heteroatoms. The number of benzene rings is 4. The van der Waals surface area contributed by atoms with Crippen LogP contribution in [0.5, 0.6) is 0 Å². The maximum atomic E-state index is 7.77. The van der Waals surface area contributed by atoms with E-state index in [1.807, 2.05) is 0 Å². The summed E-state index contributed by atoms with van der Waals surface area (Å²) in [6.45, 7) is 9.06. The Morgan fingerprint density at radius 3 is 2.30 bits per heavy atom. The molecule has 0 saturated carbocycles. The fraction of sp³-hybridized carbons (Fsp3) is 0.212. The Morgan fingerprint density at radius 2 is 1.54 bits per heavy atom. The van der Waals surface area contributed by atoms with Crippen LogP contribution in [0.4, 0.5) is 0 Å². The summed E-state index contributed by atoms with van der Waals surface area (Å²) < 4.78 is 1.44. The first-order valence-corrected chi connectivity index (χ1v) is 23.7. The summed E-state index contributed by atoms with van der Waals surface area (Å²) in [5.74, 6) is 0.455. The molecule has 0 amide bonds. The van der Waals surface area contributed by atoms with Crippen molar-refractivity contribution < 1.29 is 17.9 Å². The van der Waals surface area contributed by atoms with Crippen molar-refractivity contribution in [3.63, 3.8) is 0 Å². The summed E-state index contributed by atoms with van der Waals surface area (Å²) in [7, 11) is 14.9. The zero-order chi connectivity index (χ0) is 25.9. The third-order valence-corrected chi connectivity index (χ3v) is 22.7. The van der Waals surface area contributed by atoms with Crippen LogP contribution in [0.3, 0.4) is 0 Å². The van der Waals surface area contributed by atoms with E-state index >= 15 is 0 Å². The molecule has 37 heavy (non-hydrogen) atoms. The van der Waals surface area contributed by atoms with Gasteiger partial charge in [0.2, 0.25) is 0 Å². The third kappa shape index (κ3) is 4.11. The fourth-order valence-corrected chi connectivity index (χ4v) is 23.6. The minimum atomic E-state index is -3.92. The summed E-state index contributed by atoms with van der Waals surface area (Å²) in [4.78, 5) is 0. The fourth-order valence-electron chi connectivity index (χ4n) is 6.57. The van der Waals surface area contributed by atoms with Gasteiger partial charge in [-0.05, 0) is 0 Å². The number of aryl methyl sites for hydroxylation is 1. The van der Waals surface area contributed by atoms with Gasteiger partial charge in [-0.3, -0.25) is 0 Å². The number of rotatable bonds is 5. The average molecular weight is 619 g/mol. The molecule has 4 aromatic carbocycles. The van der Waals surface area contributed by atoms with Gasteiger partial charge in [-0.1, -0.05) is 0 Å². The van der Waals surface area contributed by atoms with Gasteiger partial charge in [-0.2, -0.15) is 0 Å². The minimum absolute atomic E-state index is 0.132. The normalized spacial score (nSPS) is 16.6. The van der Waals surface area contributed by atoms with Crippen LogP contribution in [-0.2, 0) is 17.9 Å². The summed E-state index contributed by atoms with van der Waals surface area (Å²) in [5.41, 5.74) is 12.2. The molecule has 0 bridgehead atoms. The molecule has 1 heterocycles. The van der Waals surface area contributed by atoms with Gasteiger partial charge in [0.15, 0.2) is 0 Å². The van der Waals surface area contributed by atoms with Crippen molar-refractivity contribution >= 4 is 46.3 Å². The second-order valence-electron chi connectivity index (χ2n) is 10.8. The summed E-state index contributed by atoms with van der Waals surface area (Å²) >= 11 is -3.92. The Balaban J connectivity index is 1.53. The molecule has 0 saturated heterocycles. The summed E-state index contributed by atoms with van der Waals surface area (Å²) in [5, 5.41) is 3.01. The number of fused-ring (bicyclic) bond motifs is 4. The third-order valence-electron chi connectivity index (χ3n) is 8.33. The number of hydrogen-bond donors (Lipinski definition) is 0. The topological polar surface area (TPSA) is 0 Å². The van der Waals surface area contributed by atoms with E-state index < -0.39 is 27.4 Å². The van der Waals surface area contributed by atoms with Gasteiger partial charge in [0.05, 0.1) is 0 Å². The van der Waals surface area contributed by atoms with Gasteiger partial charge >= 0.3 is 237 Å². The van der Waals surface area contributed by atoms with Crippen molar-refractivity contribution in [3.05, 3.63) is 107 Å². The van der Waals surface area contributed by atoms with Gasteiger partial charge in [-0.25, -0.2) is 0 Å². The molecule has 186 valence electrons. The van der Waals surface area contributed by atoms with Crippen molar-refractivity contribution in [2.24, 2.45) is 0 Å². The molecule has 1 unspecified atom stereocenters. The molecule has 1 atom stereocenters. The van der Waals surface area contributed by atoms with Gasteiger partial charge in [0, 0.05) is 0 Å². The van der Waals surface area contributed by atoms with E-state index in [0.29, 0.717) is 5.92 Å². The Morgan fingerprint density at radius 1 is 0.838 bits per heavy atom. The predicted octanol–water partition coefficient (Wildman–Crippen LogP) is 7.52. The molecule has 4 aromatic rings. The second-order valence-corrected chi connectivity index (χ2v) is 26.6. The van der Waals surface area contributed by atoms with E-state index in [9.17, 15) is 0 Å². The quantitative estimate of drug-likeness (QED) is 0.179. The van der Waals surface area contributed by atoms with Crippen LogP contribution in [0.1, 0.15) is 59.0 Å². The first-order chi connectivity index (χ1) is 17.8. The monoisotopic (exact) mass is 616 g/mol. The van der Waals surface area contributed by atoms with Crippen LogP contribution in [0.2, 0.25) is 0 Å². The van der Waals surface area contributed by atoms with Gasteiger partial charge in [-0.15, -0.1) is 0 Å². The molecule has 0 N–H and O–H groups in total. The zero-order valence-corrected chi connectivity index (χ0v) is 27.3. The van der Waals surface area contributed by atoms with Gasteiger partial charge in [0.1, 0.15) is 0 Å². The molecule has 1 aliphatic carbocycles. The van der Waals surface area contributed by atoms with E-state index in [2.05, 4.69) is 113 Å². The summed E-state index contributed by atoms with van der Waals surface area (Å²) in [6.07, 6.45) is 3.40. The van der Waals surface area contributed by atoms with Crippen molar-refractivity contribution in [3.8, 4) is 22.3 Å². The zero-order valence-electron chi connectivity index (χ0n) is 21.9. The summed E-state index contributed by atoms with van der Waals surface area (Å²) in [6, 6.07) is 29.1. The molecule has 1 aliphatic heterocycles. The molecule has 0 spiro atoms. The van der Waals surface area contributed by atoms with Crippen LogP contribution in [0.25, 0.3) is 28.3 Å². The van der Waals surface area contributed by atoms with E-state index in [1.54, 1.807) is 0 Å². The van der Waals surface area contributed by atoms with Crippen LogP contribution in [0.15, 0.2) is 84.4 Å².